The van der Waals surface area contributed by atoms with Gasteiger partial charge in [0.05, 0.1) is 0 Å². The Bertz CT molecular complexity index is 336. The molecule has 0 spiro atoms. The molecular weight excluding hydrogens is 240 g/mol. The second-order valence-corrected chi connectivity index (χ2v) is 6.53. The predicted molar refractivity (Wildman–Crippen MR) is 80.4 cm³/mol. The van der Waals surface area contributed by atoms with E-state index in [2.05, 4.69) is 48.5 Å². The minimum absolute atomic E-state index is 0.668. The van der Waals surface area contributed by atoms with Crippen LogP contribution in [0.5, 0.6) is 0 Å². The van der Waals surface area contributed by atoms with Gasteiger partial charge in [-0.1, -0.05) is 13.0 Å². The second kappa shape index (κ2) is 6.69. The average molecular weight is 266 g/mol. The normalized spacial score (nSPS) is 27.3. The lowest BCUT2D eigenvalue weighted by Crippen LogP contribution is -2.51. The molecule has 1 N–H and O–H groups in total. The minimum Gasteiger partial charge on any atom is -0.314 e. The third-order valence-electron chi connectivity index (χ3n) is 4.06. The van der Waals surface area contributed by atoms with Crippen molar-refractivity contribution in [3.05, 3.63) is 22.4 Å². The van der Waals surface area contributed by atoms with Gasteiger partial charge in [-0.15, -0.1) is 11.3 Å². The van der Waals surface area contributed by atoms with Crippen molar-refractivity contribution < 1.29 is 0 Å². The lowest BCUT2D eigenvalue weighted by molar-refractivity contribution is 0.0963. The molecule has 0 bridgehead atoms. The molecule has 3 atom stereocenters. The van der Waals surface area contributed by atoms with Crippen LogP contribution in [0.1, 0.15) is 38.5 Å². The fraction of sp³-hybridized carbons (Fsp3) is 0.733. The molecule has 2 heterocycles. The Morgan fingerprint density at radius 1 is 1.56 bits per heavy atom. The van der Waals surface area contributed by atoms with E-state index in [9.17, 15) is 0 Å². The third-order valence-corrected chi connectivity index (χ3v) is 4.96. The first-order valence-corrected chi connectivity index (χ1v) is 8.10. The van der Waals surface area contributed by atoms with E-state index < -0.39 is 0 Å². The van der Waals surface area contributed by atoms with Crippen LogP contribution in [0, 0.1) is 0 Å². The summed E-state index contributed by atoms with van der Waals surface area (Å²) in [6, 6.07) is 6.53. The van der Waals surface area contributed by atoms with Gasteiger partial charge in [-0.2, -0.15) is 0 Å². The molecule has 0 aliphatic carbocycles. The van der Waals surface area contributed by atoms with Crippen molar-refractivity contribution in [2.75, 3.05) is 13.1 Å². The molecule has 18 heavy (non-hydrogen) atoms. The van der Waals surface area contributed by atoms with Gasteiger partial charge in [-0.3, -0.25) is 4.90 Å². The molecule has 1 aromatic heterocycles. The molecule has 0 aromatic carbocycles. The Hall–Kier alpha value is -0.380. The van der Waals surface area contributed by atoms with Gasteiger partial charge in [0.2, 0.25) is 0 Å². The Morgan fingerprint density at radius 3 is 3.00 bits per heavy atom. The van der Waals surface area contributed by atoms with Crippen molar-refractivity contribution in [2.24, 2.45) is 0 Å². The van der Waals surface area contributed by atoms with Gasteiger partial charge in [0.15, 0.2) is 0 Å². The average Bonchev–Trinajstić information content (AvgIpc) is 2.82. The van der Waals surface area contributed by atoms with E-state index >= 15 is 0 Å². The molecule has 1 aromatic rings. The summed E-state index contributed by atoms with van der Waals surface area (Å²) in [4.78, 5) is 4.21. The number of likely N-dealkylation sites (tertiary alicyclic amines) is 1. The number of hydrogen-bond acceptors (Lipinski definition) is 3. The highest BCUT2D eigenvalue weighted by Gasteiger charge is 2.28. The molecule has 1 aliphatic rings. The van der Waals surface area contributed by atoms with Crippen LogP contribution in [0.25, 0.3) is 0 Å². The summed E-state index contributed by atoms with van der Waals surface area (Å²) in [6.45, 7) is 9.31. The lowest BCUT2D eigenvalue weighted by atomic mass is 9.96. The zero-order valence-electron chi connectivity index (χ0n) is 11.9. The highest BCUT2D eigenvalue weighted by molar-refractivity contribution is 7.09. The number of piperidine rings is 1. The highest BCUT2D eigenvalue weighted by atomic mass is 32.1. The number of nitrogens with zero attached hydrogens (tertiary/aromatic N) is 1. The molecule has 1 saturated heterocycles. The molecule has 1 aliphatic heterocycles. The molecule has 3 unspecified atom stereocenters. The van der Waals surface area contributed by atoms with Gasteiger partial charge in [0.1, 0.15) is 0 Å². The minimum atomic E-state index is 0.668. The summed E-state index contributed by atoms with van der Waals surface area (Å²) in [7, 11) is 0. The number of hydrogen-bond donors (Lipinski definition) is 1. The first kappa shape index (κ1) is 14.0. The Morgan fingerprint density at radius 2 is 2.39 bits per heavy atom. The summed E-state index contributed by atoms with van der Waals surface area (Å²) in [6.07, 6.45) is 3.80. The maximum atomic E-state index is 3.60. The standard InChI is InChI=1S/C15H26N2S/c1-4-16-14-7-8-17(12(2)10-14)13(3)11-15-6-5-9-18-15/h5-6,9,12-14,16H,4,7-8,10-11H2,1-3H3. The molecule has 2 nitrogen and oxygen atoms in total. The van der Waals surface area contributed by atoms with Crippen molar-refractivity contribution in [1.29, 1.82) is 0 Å². The van der Waals surface area contributed by atoms with Crippen LogP contribution in [-0.4, -0.2) is 36.1 Å². The van der Waals surface area contributed by atoms with Gasteiger partial charge >= 0.3 is 0 Å². The van der Waals surface area contributed by atoms with Crippen LogP contribution in [0.4, 0.5) is 0 Å². The third kappa shape index (κ3) is 3.56. The SMILES string of the molecule is CCNC1CCN(C(C)Cc2cccs2)C(C)C1. The number of rotatable bonds is 5. The van der Waals surface area contributed by atoms with Gasteiger partial charge in [0.25, 0.3) is 0 Å². The number of nitrogens with one attached hydrogen (secondary N) is 1. The Balaban J connectivity index is 1.85. The van der Waals surface area contributed by atoms with Crippen molar-refractivity contribution >= 4 is 11.3 Å². The molecule has 1 fully saturated rings. The van der Waals surface area contributed by atoms with Gasteiger partial charge in [-0.25, -0.2) is 0 Å². The predicted octanol–water partition coefficient (Wildman–Crippen LogP) is 3.14. The summed E-state index contributed by atoms with van der Waals surface area (Å²) in [5.41, 5.74) is 0. The zero-order chi connectivity index (χ0) is 13.0. The topological polar surface area (TPSA) is 15.3 Å². The van der Waals surface area contributed by atoms with E-state index in [1.807, 2.05) is 11.3 Å². The van der Waals surface area contributed by atoms with Crippen molar-refractivity contribution in [1.82, 2.24) is 10.2 Å². The number of thiophene rings is 1. The van der Waals surface area contributed by atoms with E-state index in [0.29, 0.717) is 12.1 Å². The summed E-state index contributed by atoms with van der Waals surface area (Å²) in [5.74, 6) is 0. The molecule has 0 saturated carbocycles. The van der Waals surface area contributed by atoms with Crippen molar-refractivity contribution in [3.8, 4) is 0 Å². The Labute approximate surface area is 115 Å². The molecule has 2 rings (SSSR count). The Kier molecular flexibility index (Phi) is 5.22. The fourth-order valence-electron chi connectivity index (χ4n) is 3.16. The van der Waals surface area contributed by atoms with Gasteiger partial charge in [-0.05, 0) is 51.1 Å². The first-order chi connectivity index (χ1) is 8.70. The molecule has 102 valence electrons. The maximum Gasteiger partial charge on any atom is 0.0118 e. The van der Waals surface area contributed by atoms with Crippen molar-refractivity contribution in [2.45, 2.75) is 58.2 Å². The smallest absolute Gasteiger partial charge is 0.0118 e. The van der Waals surface area contributed by atoms with Gasteiger partial charge in [0, 0.05) is 29.5 Å². The summed E-state index contributed by atoms with van der Waals surface area (Å²) < 4.78 is 0. The van der Waals surface area contributed by atoms with E-state index in [-0.39, 0.29) is 0 Å². The van der Waals surface area contributed by atoms with E-state index in [4.69, 9.17) is 0 Å². The van der Waals surface area contributed by atoms with Crippen LogP contribution < -0.4 is 5.32 Å². The van der Waals surface area contributed by atoms with Crippen molar-refractivity contribution in [3.63, 3.8) is 0 Å². The maximum absolute atomic E-state index is 3.60. The fourth-order valence-corrected chi connectivity index (χ4v) is 3.98. The second-order valence-electron chi connectivity index (χ2n) is 5.50. The molecule has 0 radical (unpaired) electrons. The quantitative estimate of drug-likeness (QED) is 0.881. The highest BCUT2D eigenvalue weighted by Crippen LogP contribution is 2.22. The van der Waals surface area contributed by atoms with Crippen LogP contribution in [0.2, 0.25) is 0 Å². The molecule has 3 heteroatoms. The van der Waals surface area contributed by atoms with Gasteiger partial charge < -0.3 is 5.32 Å². The first-order valence-electron chi connectivity index (χ1n) is 7.22. The lowest BCUT2D eigenvalue weighted by Gasteiger charge is -2.41. The van der Waals surface area contributed by atoms with E-state index in [1.165, 1.54) is 30.7 Å². The largest absolute Gasteiger partial charge is 0.314 e. The zero-order valence-corrected chi connectivity index (χ0v) is 12.7. The monoisotopic (exact) mass is 266 g/mol. The summed E-state index contributed by atoms with van der Waals surface area (Å²) >= 11 is 1.89. The molecule has 0 amide bonds. The van der Waals surface area contributed by atoms with Crippen LogP contribution in [0.15, 0.2) is 17.5 Å². The van der Waals surface area contributed by atoms with E-state index in [1.54, 1.807) is 0 Å². The van der Waals surface area contributed by atoms with Crippen LogP contribution >= 0.6 is 11.3 Å². The van der Waals surface area contributed by atoms with E-state index in [0.717, 1.165) is 12.6 Å². The van der Waals surface area contributed by atoms with Crippen LogP contribution in [0.3, 0.4) is 0 Å². The van der Waals surface area contributed by atoms with Crippen LogP contribution in [-0.2, 0) is 6.42 Å². The molecular formula is C15H26N2S. The summed E-state index contributed by atoms with van der Waals surface area (Å²) in [5, 5.41) is 5.78.